The number of halogens is 1. The molecule has 0 radical (unpaired) electrons. The van der Waals surface area contributed by atoms with Crippen molar-refractivity contribution in [3.05, 3.63) is 53.1 Å². The lowest BCUT2D eigenvalue weighted by Crippen LogP contribution is -2.50. The summed E-state index contributed by atoms with van der Waals surface area (Å²) in [5.74, 6) is -0.770. The lowest BCUT2D eigenvalue weighted by Gasteiger charge is -2.34. The molecule has 1 amide bonds. The largest absolute Gasteiger partial charge is 0.336 e. The summed E-state index contributed by atoms with van der Waals surface area (Å²) in [6, 6.07) is 5.63. The number of aromatic nitrogens is 2. The Morgan fingerprint density at radius 3 is 2.64 bits per heavy atom. The number of carbonyl (C=O) groups excluding carboxylic acids is 1. The SMILES string of the molecule is O=C(c1cnn2c1CCCC2)N1CCN(S(=O)(=O)Cc2cccc(F)c2)CC1. The second-order valence-electron chi connectivity index (χ2n) is 7.26. The van der Waals surface area contributed by atoms with Crippen molar-refractivity contribution < 1.29 is 17.6 Å². The third kappa shape index (κ3) is 3.81. The molecule has 0 atom stereocenters. The predicted octanol–water partition coefficient (Wildman–Crippen LogP) is 1.65. The Labute approximate surface area is 163 Å². The van der Waals surface area contributed by atoms with E-state index in [0.29, 0.717) is 24.2 Å². The smallest absolute Gasteiger partial charge is 0.257 e. The van der Waals surface area contributed by atoms with Crippen LogP contribution in [-0.2, 0) is 28.7 Å². The van der Waals surface area contributed by atoms with Crippen LogP contribution in [0.1, 0.15) is 34.5 Å². The highest BCUT2D eigenvalue weighted by atomic mass is 32.2. The van der Waals surface area contributed by atoms with Crippen LogP contribution in [0.15, 0.2) is 30.5 Å². The highest BCUT2D eigenvalue weighted by Gasteiger charge is 2.31. The minimum Gasteiger partial charge on any atom is -0.336 e. The van der Waals surface area contributed by atoms with Crippen molar-refractivity contribution in [1.29, 1.82) is 0 Å². The summed E-state index contributed by atoms with van der Waals surface area (Å²) in [7, 11) is -3.56. The van der Waals surface area contributed by atoms with Gasteiger partial charge in [-0.1, -0.05) is 12.1 Å². The second kappa shape index (κ2) is 7.63. The van der Waals surface area contributed by atoms with Crippen molar-refractivity contribution in [3.8, 4) is 0 Å². The maximum absolute atomic E-state index is 13.3. The first kappa shape index (κ1) is 19.1. The van der Waals surface area contributed by atoms with Crippen LogP contribution < -0.4 is 0 Å². The van der Waals surface area contributed by atoms with Gasteiger partial charge < -0.3 is 4.90 Å². The van der Waals surface area contributed by atoms with E-state index >= 15 is 0 Å². The van der Waals surface area contributed by atoms with Crippen molar-refractivity contribution in [2.75, 3.05) is 26.2 Å². The predicted molar refractivity (Wildman–Crippen MR) is 102 cm³/mol. The van der Waals surface area contributed by atoms with E-state index in [4.69, 9.17) is 0 Å². The summed E-state index contributed by atoms with van der Waals surface area (Å²) in [4.78, 5) is 14.6. The maximum Gasteiger partial charge on any atom is 0.257 e. The average molecular weight is 406 g/mol. The van der Waals surface area contributed by atoms with Crippen molar-refractivity contribution >= 4 is 15.9 Å². The Morgan fingerprint density at radius 2 is 1.89 bits per heavy atom. The highest BCUT2D eigenvalue weighted by molar-refractivity contribution is 7.88. The van der Waals surface area contributed by atoms with Gasteiger partial charge >= 0.3 is 0 Å². The number of rotatable bonds is 4. The molecule has 2 aliphatic heterocycles. The monoisotopic (exact) mass is 406 g/mol. The normalized spacial score (nSPS) is 18.1. The van der Waals surface area contributed by atoms with Gasteiger partial charge in [-0.3, -0.25) is 9.48 Å². The van der Waals surface area contributed by atoms with Crippen LogP contribution in [0.3, 0.4) is 0 Å². The molecule has 1 saturated heterocycles. The summed E-state index contributed by atoms with van der Waals surface area (Å²) in [6.07, 6.45) is 4.61. The van der Waals surface area contributed by atoms with Crippen LogP contribution in [0.4, 0.5) is 4.39 Å². The zero-order valence-corrected chi connectivity index (χ0v) is 16.4. The lowest BCUT2D eigenvalue weighted by molar-refractivity contribution is 0.0696. The fourth-order valence-electron chi connectivity index (χ4n) is 3.87. The van der Waals surface area contributed by atoms with Crippen LogP contribution >= 0.6 is 0 Å². The number of piperazine rings is 1. The van der Waals surface area contributed by atoms with Gasteiger partial charge in [0.25, 0.3) is 5.91 Å². The quantitative estimate of drug-likeness (QED) is 0.774. The molecule has 1 aromatic heterocycles. The Morgan fingerprint density at radius 1 is 1.11 bits per heavy atom. The van der Waals surface area contributed by atoms with Gasteiger partial charge in [0.05, 0.1) is 23.2 Å². The third-order valence-electron chi connectivity index (χ3n) is 5.37. The Kier molecular flexibility index (Phi) is 5.20. The molecule has 0 bridgehead atoms. The van der Waals surface area contributed by atoms with Crippen molar-refractivity contribution in [3.63, 3.8) is 0 Å². The summed E-state index contributed by atoms with van der Waals surface area (Å²) >= 11 is 0. The van der Waals surface area contributed by atoms with Gasteiger partial charge in [-0.25, -0.2) is 12.8 Å². The molecule has 2 aliphatic rings. The summed E-state index contributed by atoms with van der Waals surface area (Å²) in [5.41, 5.74) is 2.04. The number of carbonyl (C=O) groups is 1. The van der Waals surface area contributed by atoms with Gasteiger partial charge in [-0.15, -0.1) is 0 Å². The Balaban J connectivity index is 1.40. The average Bonchev–Trinajstić information content (AvgIpc) is 3.11. The summed E-state index contributed by atoms with van der Waals surface area (Å²) in [5, 5.41) is 4.31. The number of amides is 1. The topological polar surface area (TPSA) is 75.5 Å². The number of fused-ring (bicyclic) bond motifs is 1. The molecule has 0 aliphatic carbocycles. The van der Waals surface area contributed by atoms with Gasteiger partial charge in [0.15, 0.2) is 0 Å². The van der Waals surface area contributed by atoms with Crippen molar-refractivity contribution in [1.82, 2.24) is 19.0 Å². The van der Waals surface area contributed by atoms with Gasteiger partial charge in [0.2, 0.25) is 10.0 Å². The minimum absolute atomic E-state index is 0.0784. The lowest BCUT2D eigenvalue weighted by atomic mass is 10.1. The number of sulfonamides is 1. The van der Waals surface area contributed by atoms with E-state index < -0.39 is 15.8 Å². The molecule has 0 spiro atoms. The third-order valence-corrected chi connectivity index (χ3v) is 7.22. The molecule has 4 rings (SSSR count). The maximum atomic E-state index is 13.3. The Bertz CT molecular complexity index is 981. The van der Waals surface area contributed by atoms with Gasteiger partial charge in [0.1, 0.15) is 5.82 Å². The first-order valence-electron chi connectivity index (χ1n) is 9.50. The molecule has 0 N–H and O–H groups in total. The minimum atomic E-state index is -3.56. The van der Waals surface area contributed by atoms with E-state index in [1.807, 2.05) is 4.68 Å². The summed E-state index contributed by atoms with van der Waals surface area (Å²) < 4.78 is 41.9. The van der Waals surface area contributed by atoms with E-state index in [0.717, 1.165) is 31.5 Å². The molecule has 2 aromatic rings. The van der Waals surface area contributed by atoms with E-state index in [2.05, 4.69) is 5.10 Å². The highest BCUT2D eigenvalue weighted by Crippen LogP contribution is 2.21. The molecule has 0 unspecified atom stereocenters. The van der Waals surface area contributed by atoms with E-state index in [1.165, 1.54) is 22.5 Å². The molecule has 3 heterocycles. The number of hydrogen-bond acceptors (Lipinski definition) is 4. The molecule has 0 saturated carbocycles. The van der Waals surface area contributed by atoms with Crippen LogP contribution in [0.25, 0.3) is 0 Å². The van der Waals surface area contributed by atoms with Gasteiger partial charge in [-0.05, 0) is 37.0 Å². The van der Waals surface area contributed by atoms with Crippen LogP contribution in [0.2, 0.25) is 0 Å². The fraction of sp³-hybridized carbons (Fsp3) is 0.474. The standard InChI is InChI=1S/C19H23FN4O3S/c20-16-5-3-4-15(12-16)14-28(26,27)23-10-8-22(9-11-23)19(25)17-13-21-24-7-2-1-6-18(17)24/h3-5,12-13H,1-2,6-11,14H2. The van der Waals surface area contributed by atoms with E-state index in [-0.39, 0.29) is 24.7 Å². The van der Waals surface area contributed by atoms with Crippen LogP contribution in [0.5, 0.6) is 0 Å². The van der Waals surface area contributed by atoms with E-state index in [9.17, 15) is 17.6 Å². The first-order chi connectivity index (χ1) is 13.4. The molecule has 28 heavy (non-hydrogen) atoms. The molecule has 1 fully saturated rings. The van der Waals surface area contributed by atoms with Crippen LogP contribution in [-0.4, -0.2) is 59.5 Å². The number of nitrogens with zero attached hydrogens (tertiary/aromatic N) is 4. The number of aryl methyl sites for hydroxylation is 1. The molecule has 7 nitrogen and oxygen atoms in total. The Hall–Kier alpha value is -2.26. The van der Waals surface area contributed by atoms with Crippen molar-refractivity contribution in [2.45, 2.75) is 31.6 Å². The van der Waals surface area contributed by atoms with Gasteiger partial charge in [0, 0.05) is 32.7 Å². The zero-order valence-electron chi connectivity index (χ0n) is 15.6. The van der Waals surface area contributed by atoms with Gasteiger partial charge in [-0.2, -0.15) is 9.40 Å². The molecule has 9 heteroatoms. The molecular formula is C19H23FN4O3S. The first-order valence-corrected chi connectivity index (χ1v) is 11.1. The second-order valence-corrected chi connectivity index (χ2v) is 9.23. The van der Waals surface area contributed by atoms with Crippen LogP contribution in [0, 0.1) is 5.82 Å². The summed E-state index contributed by atoms with van der Waals surface area (Å²) in [6.45, 7) is 2.01. The molecular weight excluding hydrogens is 383 g/mol. The zero-order chi connectivity index (χ0) is 19.7. The van der Waals surface area contributed by atoms with Crippen molar-refractivity contribution in [2.24, 2.45) is 0 Å². The number of benzene rings is 1. The number of hydrogen-bond donors (Lipinski definition) is 0. The molecule has 150 valence electrons. The fourth-order valence-corrected chi connectivity index (χ4v) is 5.37. The van der Waals surface area contributed by atoms with E-state index in [1.54, 1.807) is 17.2 Å². The molecule has 1 aromatic carbocycles.